The van der Waals surface area contributed by atoms with E-state index >= 15 is 0 Å². The smallest absolute Gasteiger partial charge is 0.227 e. The molecule has 1 saturated heterocycles. The molecule has 0 aromatic rings. The Balaban J connectivity index is 1.74. The maximum Gasteiger partial charge on any atom is 0.227 e. The number of rotatable bonds is 3. The molecule has 1 unspecified atom stereocenters. The van der Waals surface area contributed by atoms with Gasteiger partial charge in [-0.15, -0.1) is 0 Å². The van der Waals surface area contributed by atoms with Crippen molar-refractivity contribution < 1.29 is 4.79 Å². The lowest BCUT2D eigenvalue weighted by molar-refractivity contribution is -0.131. The Kier molecular flexibility index (Phi) is 4.66. The van der Waals surface area contributed by atoms with Crippen molar-refractivity contribution in [2.75, 3.05) is 19.6 Å². The Morgan fingerprint density at radius 2 is 2.06 bits per heavy atom. The normalized spacial score (nSPS) is 37.2. The van der Waals surface area contributed by atoms with Gasteiger partial charge in [-0.2, -0.15) is 0 Å². The van der Waals surface area contributed by atoms with Crippen molar-refractivity contribution in [3.05, 3.63) is 0 Å². The number of hydrogen-bond acceptors (Lipinski definition) is 2. The second kappa shape index (κ2) is 6.05. The van der Waals surface area contributed by atoms with Crippen molar-refractivity contribution in [2.24, 2.45) is 17.3 Å². The SMILES string of the molecule is CC1CCC(CNC(=O)C2(C)CCCNC2)CC1. The van der Waals surface area contributed by atoms with Crippen LogP contribution in [0.2, 0.25) is 0 Å². The minimum Gasteiger partial charge on any atom is -0.355 e. The summed E-state index contributed by atoms with van der Waals surface area (Å²) in [4.78, 5) is 12.3. The number of amides is 1. The van der Waals surface area contributed by atoms with Crippen molar-refractivity contribution in [1.29, 1.82) is 0 Å². The minimum absolute atomic E-state index is 0.180. The van der Waals surface area contributed by atoms with Crippen LogP contribution in [0.5, 0.6) is 0 Å². The molecule has 1 atom stereocenters. The fraction of sp³-hybridized carbons (Fsp3) is 0.933. The lowest BCUT2D eigenvalue weighted by atomic mass is 9.80. The van der Waals surface area contributed by atoms with Crippen molar-refractivity contribution in [3.8, 4) is 0 Å². The fourth-order valence-electron chi connectivity index (χ4n) is 3.23. The molecular weight excluding hydrogens is 224 g/mol. The summed E-state index contributed by atoms with van der Waals surface area (Å²) in [6, 6.07) is 0. The average molecular weight is 252 g/mol. The maximum atomic E-state index is 12.3. The largest absolute Gasteiger partial charge is 0.355 e. The molecule has 2 aliphatic rings. The monoisotopic (exact) mass is 252 g/mol. The molecule has 0 spiro atoms. The van der Waals surface area contributed by atoms with E-state index in [0.717, 1.165) is 38.4 Å². The molecule has 1 aliphatic heterocycles. The van der Waals surface area contributed by atoms with Crippen molar-refractivity contribution >= 4 is 5.91 Å². The summed E-state index contributed by atoms with van der Waals surface area (Å²) in [5.74, 6) is 1.86. The van der Waals surface area contributed by atoms with E-state index in [1.807, 2.05) is 0 Å². The predicted molar refractivity (Wildman–Crippen MR) is 74.3 cm³/mol. The van der Waals surface area contributed by atoms with Crippen LogP contribution in [0.4, 0.5) is 0 Å². The highest BCUT2D eigenvalue weighted by Gasteiger charge is 2.34. The molecule has 1 aliphatic carbocycles. The third-order valence-electron chi connectivity index (χ3n) is 4.83. The second-order valence-electron chi connectivity index (χ2n) is 6.68. The summed E-state index contributed by atoms with van der Waals surface area (Å²) in [6.45, 7) is 7.21. The Morgan fingerprint density at radius 1 is 1.33 bits per heavy atom. The highest BCUT2D eigenvalue weighted by Crippen LogP contribution is 2.29. The molecule has 2 fully saturated rings. The van der Waals surface area contributed by atoms with Gasteiger partial charge in [0, 0.05) is 13.1 Å². The zero-order chi connectivity index (χ0) is 13.0. The highest BCUT2D eigenvalue weighted by atomic mass is 16.2. The lowest BCUT2D eigenvalue weighted by Crippen LogP contribution is -2.49. The first kappa shape index (κ1) is 13.9. The van der Waals surface area contributed by atoms with Gasteiger partial charge in [0.1, 0.15) is 0 Å². The molecule has 2 rings (SSSR count). The zero-order valence-electron chi connectivity index (χ0n) is 11.9. The van der Waals surface area contributed by atoms with E-state index < -0.39 is 0 Å². The van der Waals surface area contributed by atoms with E-state index in [1.54, 1.807) is 0 Å². The highest BCUT2D eigenvalue weighted by molar-refractivity contribution is 5.82. The number of piperidine rings is 1. The van der Waals surface area contributed by atoms with Crippen LogP contribution in [0.1, 0.15) is 52.4 Å². The van der Waals surface area contributed by atoms with E-state index in [2.05, 4.69) is 24.5 Å². The van der Waals surface area contributed by atoms with Crippen molar-refractivity contribution in [3.63, 3.8) is 0 Å². The van der Waals surface area contributed by atoms with E-state index in [9.17, 15) is 4.79 Å². The van der Waals surface area contributed by atoms with Crippen LogP contribution in [0.3, 0.4) is 0 Å². The van der Waals surface area contributed by atoms with Gasteiger partial charge in [0.05, 0.1) is 5.41 Å². The number of carbonyl (C=O) groups excluding carboxylic acids is 1. The number of carbonyl (C=O) groups is 1. The molecule has 1 amide bonds. The van der Waals surface area contributed by atoms with Gasteiger partial charge >= 0.3 is 0 Å². The summed E-state index contributed by atoms with van der Waals surface area (Å²) in [5, 5.41) is 6.54. The summed E-state index contributed by atoms with van der Waals surface area (Å²) in [7, 11) is 0. The second-order valence-corrected chi connectivity index (χ2v) is 6.68. The fourth-order valence-corrected chi connectivity index (χ4v) is 3.23. The molecule has 18 heavy (non-hydrogen) atoms. The molecule has 104 valence electrons. The third kappa shape index (κ3) is 3.47. The van der Waals surface area contributed by atoms with Crippen LogP contribution in [-0.4, -0.2) is 25.5 Å². The van der Waals surface area contributed by atoms with Gasteiger partial charge in [0.2, 0.25) is 5.91 Å². The maximum absolute atomic E-state index is 12.3. The molecule has 3 nitrogen and oxygen atoms in total. The van der Waals surface area contributed by atoms with E-state index in [4.69, 9.17) is 0 Å². The first-order chi connectivity index (χ1) is 8.60. The topological polar surface area (TPSA) is 41.1 Å². The first-order valence-electron chi connectivity index (χ1n) is 7.59. The van der Waals surface area contributed by atoms with Crippen LogP contribution in [0, 0.1) is 17.3 Å². The van der Waals surface area contributed by atoms with Gasteiger partial charge in [-0.3, -0.25) is 4.79 Å². The van der Waals surface area contributed by atoms with E-state index in [0.29, 0.717) is 5.92 Å². The number of hydrogen-bond donors (Lipinski definition) is 2. The van der Waals surface area contributed by atoms with Gasteiger partial charge in [-0.1, -0.05) is 19.8 Å². The van der Waals surface area contributed by atoms with E-state index in [-0.39, 0.29) is 11.3 Å². The molecule has 1 saturated carbocycles. The van der Waals surface area contributed by atoms with E-state index in [1.165, 1.54) is 25.7 Å². The Labute approximate surface area is 111 Å². The number of nitrogens with one attached hydrogen (secondary N) is 2. The van der Waals surface area contributed by atoms with Crippen LogP contribution in [0.15, 0.2) is 0 Å². The standard InChI is InChI=1S/C15H28N2O/c1-12-4-6-13(7-5-12)10-17-14(18)15(2)8-3-9-16-11-15/h12-13,16H,3-11H2,1-2H3,(H,17,18). The molecular formula is C15H28N2O. The Hall–Kier alpha value is -0.570. The molecule has 0 aromatic heterocycles. The quantitative estimate of drug-likeness (QED) is 0.809. The van der Waals surface area contributed by atoms with Crippen LogP contribution in [0.25, 0.3) is 0 Å². The molecule has 2 N–H and O–H groups in total. The summed E-state index contributed by atoms with van der Waals surface area (Å²) in [6.07, 6.45) is 7.38. The van der Waals surface area contributed by atoms with Crippen molar-refractivity contribution in [1.82, 2.24) is 10.6 Å². The van der Waals surface area contributed by atoms with Crippen molar-refractivity contribution in [2.45, 2.75) is 52.4 Å². The molecule has 0 radical (unpaired) electrons. The van der Waals surface area contributed by atoms with Gasteiger partial charge < -0.3 is 10.6 Å². The summed E-state index contributed by atoms with van der Waals surface area (Å²) in [5.41, 5.74) is -0.180. The van der Waals surface area contributed by atoms with Crippen LogP contribution < -0.4 is 10.6 Å². The van der Waals surface area contributed by atoms with Gasteiger partial charge in [0.15, 0.2) is 0 Å². The predicted octanol–water partition coefficient (Wildman–Crippen LogP) is 2.32. The van der Waals surface area contributed by atoms with Gasteiger partial charge in [0.25, 0.3) is 0 Å². The molecule has 3 heteroatoms. The van der Waals surface area contributed by atoms with Crippen LogP contribution >= 0.6 is 0 Å². The van der Waals surface area contributed by atoms with Gasteiger partial charge in [-0.05, 0) is 51.0 Å². The average Bonchev–Trinajstić information content (AvgIpc) is 2.38. The Morgan fingerprint density at radius 3 is 2.67 bits per heavy atom. The molecule has 0 bridgehead atoms. The summed E-state index contributed by atoms with van der Waals surface area (Å²) < 4.78 is 0. The molecule has 1 heterocycles. The minimum atomic E-state index is -0.180. The van der Waals surface area contributed by atoms with Gasteiger partial charge in [-0.25, -0.2) is 0 Å². The van der Waals surface area contributed by atoms with Crippen LogP contribution in [-0.2, 0) is 4.79 Å². The third-order valence-corrected chi connectivity index (χ3v) is 4.83. The summed E-state index contributed by atoms with van der Waals surface area (Å²) >= 11 is 0. The first-order valence-corrected chi connectivity index (χ1v) is 7.59. The Bertz CT molecular complexity index is 276. The lowest BCUT2D eigenvalue weighted by Gasteiger charge is -2.34. The zero-order valence-corrected chi connectivity index (χ0v) is 11.9. The molecule has 0 aromatic carbocycles.